The highest BCUT2D eigenvalue weighted by Gasteiger charge is 2.26. The van der Waals surface area contributed by atoms with Crippen molar-refractivity contribution in [3.8, 4) is 0 Å². The zero-order valence-electron chi connectivity index (χ0n) is 8.91. The standard InChI is InChI=1S/C13H13BrO2/c14-11-5-1-3-9(7-11)13(16)10-4-2-6-12(15)8-10/h1,3,5,7,10H,2,4,6,8H2. The van der Waals surface area contributed by atoms with Gasteiger partial charge in [0.25, 0.3) is 0 Å². The molecule has 1 aromatic carbocycles. The lowest BCUT2D eigenvalue weighted by atomic mass is 9.83. The first-order valence-electron chi connectivity index (χ1n) is 5.48. The number of ketones is 2. The first-order chi connectivity index (χ1) is 7.66. The van der Waals surface area contributed by atoms with Gasteiger partial charge < -0.3 is 0 Å². The van der Waals surface area contributed by atoms with E-state index in [0.29, 0.717) is 18.4 Å². The van der Waals surface area contributed by atoms with E-state index in [2.05, 4.69) is 15.9 Å². The fraction of sp³-hybridized carbons (Fsp3) is 0.385. The predicted molar refractivity (Wildman–Crippen MR) is 65.4 cm³/mol. The van der Waals surface area contributed by atoms with Gasteiger partial charge in [-0.1, -0.05) is 28.1 Å². The SMILES string of the molecule is O=C1CCCC(C(=O)c2cccc(Br)c2)C1. The van der Waals surface area contributed by atoms with Gasteiger partial charge in [0.1, 0.15) is 5.78 Å². The van der Waals surface area contributed by atoms with Crippen molar-refractivity contribution in [2.45, 2.75) is 25.7 Å². The van der Waals surface area contributed by atoms with Crippen LogP contribution in [0, 0.1) is 5.92 Å². The van der Waals surface area contributed by atoms with E-state index >= 15 is 0 Å². The van der Waals surface area contributed by atoms with E-state index in [4.69, 9.17) is 0 Å². The molecule has 0 radical (unpaired) electrons. The van der Waals surface area contributed by atoms with Crippen molar-refractivity contribution in [1.29, 1.82) is 0 Å². The minimum atomic E-state index is -0.101. The molecule has 3 heteroatoms. The summed E-state index contributed by atoms with van der Waals surface area (Å²) in [7, 11) is 0. The summed E-state index contributed by atoms with van der Waals surface area (Å²) in [5.41, 5.74) is 0.703. The second kappa shape index (κ2) is 4.91. The molecular weight excluding hydrogens is 268 g/mol. The van der Waals surface area contributed by atoms with Crippen LogP contribution in [-0.2, 0) is 4.79 Å². The molecule has 1 aliphatic rings. The van der Waals surface area contributed by atoms with Gasteiger partial charge in [0.05, 0.1) is 0 Å². The minimum absolute atomic E-state index is 0.101. The number of halogens is 1. The molecular formula is C13H13BrO2. The molecule has 0 bridgehead atoms. The number of hydrogen-bond donors (Lipinski definition) is 0. The summed E-state index contributed by atoms with van der Waals surface area (Å²) in [4.78, 5) is 23.4. The molecule has 0 spiro atoms. The number of hydrogen-bond acceptors (Lipinski definition) is 2. The maximum Gasteiger partial charge on any atom is 0.166 e. The monoisotopic (exact) mass is 280 g/mol. The molecule has 1 atom stereocenters. The van der Waals surface area contributed by atoms with Crippen molar-refractivity contribution >= 4 is 27.5 Å². The Hall–Kier alpha value is -0.960. The van der Waals surface area contributed by atoms with Crippen molar-refractivity contribution in [3.05, 3.63) is 34.3 Å². The molecule has 0 aromatic heterocycles. The summed E-state index contributed by atoms with van der Waals surface area (Å²) >= 11 is 3.35. The molecule has 2 nitrogen and oxygen atoms in total. The van der Waals surface area contributed by atoms with Gasteiger partial charge in [-0.15, -0.1) is 0 Å². The topological polar surface area (TPSA) is 34.1 Å². The molecule has 1 saturated carbocycles. The van der Waals surface area contributed by atoms with Crippen LogP contribution in [0.15, 0.2) is 28.7 Å². The van der Waals surface area contributed by atoms with Gasteiger partial charge in [0, 0.05) is 28.8 Å². The molecule has 16 heavy (non-hydrogen) atoms. The molecule has 84 valence electrons. The lowest BCUT2D eigenvalue weighted by Crippen LogP contribution is -2.22. The zero-order valence-corrected chi connectivity index (χ0v) is 10.5. The first-order valence-corrected chi connectivity index (χ1v) is 6.27. The van der Waals surface area contributed by atoms with Gasteiger partial charge >= 0.3 is 0 Å². The third-order valence-corrected chi connectivity index (χ3v) is 3.46. The summed E-state index contributed by atoms with van der Waals surface area (Å²) < 4.78 is 0.903. The van der Waals surface area contributed by atoms with Gasteiger partial charge in [-0.3, -0.25) is 9.59 Å². The van der Waals surface area contributed by atoms with E-state index in [0.717, 1.165) is 17.3 Å². The number of rotatable bonds is 2. The van der Waals surface area contributed by atoms with Gasteiger partial charge in [0.15, 0.2) is 5.78 Å². The first kappa shape index (κ1) is 11.5. The lowest BCUT2D eigenvalue weighted by molar-refractivity contribution is -0.121. The molecule has 0 saturated heterocycles. The highest BCUT2D eigenvalue weighted by molar-refractivity contribution is 9.10. The Balaban J connectivity index is 2.15. The number of carbonyl (C=O) groups excluding carboxylic acids is 2. The fourth-order valence-electron chi connectivity index (χ4n) is 2.13. The molecule has 1 aromatic rings. The van der Waals surface area contributed by atoms with E-state index < -0.39 is 0 Å². The molecule has 2 rings (SSSR count). The quantitative estimate of drug-likeness (QED) is 0.779. The molecule has 0 N–H and O–H groups in total. The van der Waals surface area contributed by atoms with E-state index in [1.165, 1.54) is 0 Å². The van der Waals surface area contributed by atoms with E-state index in [-0.39, 0.29) is 17.5 Å². The summed E-state index contributed by atoms with van der Waals surface area (Å²) in [6.07, 6.45) is 2.76. The maximum atomic E-state index is 12.1. The highest BCUT2D eigenvalue weighted by atomic mass is 79.9. The van der Waals surface area contributed by atoms with Crippen molar-refractivity contribution in [1.82, 2.24) is 0 Å². The number of benzene rings is 1. The van der Waals surface area contributed by atoms with Crippen LogP contribution < -0.4 is 0 Å². The third kappa shape index (κ3) is 2.59. The lowest BCUT2D eigenvalue weighted by Gasteiger charge is -2.19. The van der Waals surface area contributed by atoms with E-state index in [1.807, 2.05) is 24.3 Å². The Kier molecular flexibility index (Phi) is 3.54. The summed E-state index contributed by atoms with van der Waals surface area (Å²) in [6, 6.07) is 7.37. The van der Waals surface area contributed by atoms with Crippen LogP contribution in [0.2, 0.25) is 0 Å². The van der Waals surface area contributed by atoms with Crippen LogP contribution in [0.4, 0.5) is 0 Å². The van der Waals surface area contributed by atoms with Crippen molar-refractivity contribution in [2.24, 2.45) is 5.92 Å². The fourth-order valence-corrected chi connectivity index (χ4v) is 2.53. The van der Waals surface area contributed by atoms with Crippen LogP contribution in [-0.4, -0.2) is 11.6 Å². The Labute approximate surface area is 103 Å². The molecule has 1 aliphatic carbocycles. The molecule has 0 heterocycles. The van der Waals surface area contributed by atoms with Crippen LogP contribution >= 0.6 is 15.9 Å². The van der Waals surface area contributed by atoms with Crippen molar-refractivity contribution in [2.75, 3.05) is 0 Å². The van der Waals surface area contributed by atoms with Gasteiger partial charge in [-0.2, -0.15) is 0 Å². The normalized spacial score (nSPS) is 20.8. The number of carbonyl (C=O) groups is 2. The summed E-state index contributed by atoms with van der Waals surface area (Å²) in [5.74, 6) is 0.226. The van der Waals surface area contributed by atoms with E-state index in [9.17, 15) is 9.59 Å². The molecule has 1 fully saturated rings. The van der Waals surface area contributed by atoms with Gasteiger partial charge in [-0.05, 0) is 25.0 Å². The Morgan fingerprint density at radius 2 is 2.19 bits per heavy atom. The zero-order chi connectivity index (χ0) is 11.5. The van der Waals surface area contributed by atoms with E-state index in [1.54, 1.807) is 0 Å². The van der Waals surface area contributed by atoms with Crippen molar-refractivity contribution in [3.63, 3.8) is 0 Å². The Bertz CT molecular complexity index is 426. The van der Waals surface area contributed by atoms with Crippen LogP contribution in [0.5, 0.6) is 0 Å². The largest absolute Gasteiger partial charge is 0.300 e. The predicted octanol–water partition coefficient (Wildman–Crippen LogP) is 3.39. The molecule has 1 unspecified atom stereocenters. The van der Waals surface area contributed by atoms with Crippen molar-refractivity contribution < 1.29 is 9.59 Å². The van der Waals surface area contributed by atoms with Crippen LogP contribution in [0.1, 0.15) is 36.0 Å². The average molecular weight is 281 g/mol. The van der Waals surface area contributed by atoms with Crippen LogP contribution in [0.25, 0.3) is 0 Å². The van der Waals surface area contributed by atoms with Gasteiger partial charge in [0.2, 0.25) is 0 Å². The van der Waals surface area contributed by atoms with Gasteiger partial charge in [-0.25, -0.2) is 0 Å². The smallest absolute Gasteiger partial charge is 0.166 e. The summed E-state index contributed by atoms with van der Waals surface area (Å²) in [6.45, 7) is 0. The average Bonchev–Trinajstić information content (AvgIpc) is 2.28. The second-order valence-electron chi connectivity index (χ2n) is 4.21. The highest BCUT2D eigenvalue weighted by Crippen LogP contribution is 2.25. The minimum Gasteiger partial charge on any atom is -0.300 e. The second-order valence-corrected chi connectivity index (χ2v) is 5.12. The number of Topliss-reactive ketones (excluding diaryl/α,β-unsaturated/α-hetero) is 2. The maximum absolute atomic E-state index is 12.1. The van der Waals surface area contributed by atoms with Crippen LogP contribution in [0.3, 0.4) is 0 Å². The Morgan fingerprint density at radius 3 is 2.88 bits per heavy atom. The Morgan fingerprint density at radius 1 is 1.38 bits per heavy atom. The summed E-state index contributed by atoms with van der Waals surface area (Å²) in [5, 5.41) is 0. The molecule has 0 amide bonds. The third-order valence-electron chi connectivity index (χ3n) is 2.96. The molecule has 0 aliphatic heterocycles.